The van der Waals surface area contributed by atoms with Crippen LogP contribution in [0.15, 0.2) is 0 Å². The fraction of sp³-hybridized carbons (Fsp3) is 1.00. The van der Waals surface area contributed by atoms with Crippen molar-refractivity contribution in [1.29, 1.82) is 0 Å². The van der Waals surface area contributed by atoms with E-state index in [1.165, 1.54) is 25.8 Å². The highest BCUT2D eigenvalue weighted by molar-refractivity contribution is 4.74. The van der Waals surface area contributed by atoms with Gasteiger partial charge in [-0.3, -0.25) is 4.90 Å². The van der Waals surface area contributed by atoms with Gasteiger partial charge in [-0.05, 0) is 39.8 Å². The summed E-state index contributed by atoms with van der Waals surface area (Å²) in [6.45, 7) is 13.7. The van der Waals surface area contributed by atoms with Crippen LogP contribution >= 0.6 is 0 Å². The van der Waals surface area contributed by atoms with Crippen LogP contribution < -0.4 is 5.32 Å². The number of hydrogen-bond acceptors (Lipinski definition) is 2. The summed E-state index contributed by atoms with van der Waals surface area (Å²) >= 11 is 0. The van der Waals surface area contributed by atoms with Gasteiger partial charge in [-0.1, -0.05) is 33.6 Å². The molecule has 2 atom stereocenters. The Morgan fingerprint density at radius 1 is 1.06 bits per heavy atom. The van der Waals surface area contributed by atoms with Gasteiger partial charge in [0.05, 0.1) is 0 Å². The van der Waals surface area contributed by atoms with Crippen LogP contribution in [-0.2, 0) is 0 Å². The molecule has 2 nitrogen and oxygen atoms in total. The first kappa shape index (κ1) is 15.9. The first-order valence-corrected chi connectivity index (χ1v) is 6.93. The normalized spacial score (nSPS) is 15.8. The van der Waals surface area contributed by atoms with Gasteiger partial charge in [0.2, 0.25) is 0 Å². The molecule has 0 amide bonds. The summed E-state index contributed by atoms with van der Waals surface area (Å²) in [5.41, 5.74) is 0. The second-order valence-electron chi connectivity index (χ2n) is 5.41. The Kier molecular flexibility index (Phi) is 8.96. The highest BCUT2D eigenvalue weighted by Crippen LogP contribution is 2.10. The van der Waals surface area contributed by atoms with Gasteiger partial charge in [0.25, 0.3) is 0 Å². The minimum Gasteiger partial charge on any atom is -0.315 e. The lowest BCUT2D eigenvalue weighted by Crippen LogP contribution is -2.44. The second-order valence-corrected chi connectivity index (χ2v) is 5.41. The number of rotatable bonds is 9. The van der Waals surface area contributed by atoms with Gasteiger partial charge in [-0.25, -0.2) is 0 Å². The molecule has 0 aromatic heterocycles. The molecular weight excluding hydrogens is 196 g/mol. The summed E-state index contributed by atoms with van der Waals surface area (Å²) in [5.74, 6) is 0.729. The van der Waals surface area contributed by atoms with E-state index in [4.69, 9.17) is 0 Å². The van der Waals surface area contributed by atoms with E-state index in [2.05, 4.69) is 51.9 Å². The Hall–Kier alpha value is -0.0800. The molecule has 0 rings (SSSR count). The molecule has 0 saturated heterocycles. The zero-order valence-electron chi connectivity index (χ0n) is 12.2. The first-order chi connectivity index (χ1) is 7.50. The van der Waals surface area contributed by atoms with Crippen LogP contribution in [0.5, 0.6) is 0 Å². The largest absolute Gasteiger partial charge is 0.315 e. The molecule has 2 unspecified atom stereocenters. The maximum atomic E-state index is 3.55. The van der Waals surface area contributed by atoms with E-state index in [1.807, 2.05) is 0 Å². The SMILES string of the molecule is CCCCCNCC(C)N(C)C(C)C(C)C. The van der Waals surface area contributed by atoms with Gasteiger partial charge in [0.15, 0.2) is 0 Å². The van der Waals surface area contributed by atoms with Crippen LogP contribution in [0.25, 0.3) is 0 Å². The maximum Gasteiger partial charge on any atom is 0.0192 e. The monoisotopic (exact) mass is 228 g/mol. The Balaban J connectivity index is 3.66. The summed E-state index contributed by atoms with van der Waals surface area (Å²) < 4.78 is 0. The molecule has 0 aliphatic heterocycles. The lowest BCUT2D eigenvalue weighted by Gasteiger charge is -2.33. The molecule has 0 bridgehead atoms. The molecule has 2 heteroatoms. The number of hydrogen-bond donors (Lipinski definition) is 1. The molecule has 16 heavy (non-hydrogen) atoms. The van der Waals surface area contributed by atoms with Crippen LogP contribution in [0.4, 0.5) is 0 Å². The van der Waals surface area contributed by atoms with Crippen molar-refractivity contribution < 1.29 is 0 Å². The Morgan fingerprint density at radius 3 is 2.19 bits per heavy atom. The van der Waals surface area contributed by atoms with Gasteiger partial charge >= 0.3 is 0 Å². The fourth-order valence-corrected chi connectivity index (χ4v) is 1.83. The van der Waals surface area contributed by atoms with E-state index in [-0.39, 0.29) is 0 Å². The van der Waals surface area contributed by atoms with Crippen molar-refractivity contribution in [2.24, 2.45) is 5.92 Å². The molecule has 0 saturated carbocycles. The van der Waals surface area contributed by atoms with Crippen molar-refractivity contribution in [3.8, 4) is 0 Å². The predicted octanol–water partition coefficient (Wildman–Crippen LogP) is 3.13. The Bertz CT molecular complexity index is 157. The molecule has 0 spiro atoms. The van der Waals surface area contributed by atoms with E-state index >= 15 is 0 Å². The molecule has 0 aromatic rings. The Labute approximate surface area is 103 Å². The van der Waals surface area contributed by atoms with E-state index in [0.29, 0.717) is 12.1 Å². The van der Waals surface area contributed by atoms with Crippen molar-refractivity contribution in [3.05, 3.63) is 0 Å². The van der Waals surface area contributed by atoms with Gasteiger partial charge < -0.3 is 5.32 Å². The highest BCUT2D eigenvalue weighted by Gasteiger charge is 2.17. The average molecular weight is 228 g/mol. The standard InChI is InChI=1S/C14H32N2/c1-7-8-9-10-15-11-13(4)16(6)14(5)12(2)3/h12-15H,7-11H2,1-6H3. The van der Waals surface area contributed by atoms with Crippen LogP contribution in [0, 0.1) is 5.92 Å². The molecule has 0 aliphatic rings. The summed E-state index contributed by atoms with van der Waals surface area (Å²) in [7, 11) is 2.24. The summed E-state index contributed by atoms with van der Waals surface area (Å²) in [6.07, 6.45) is 3.97. The van der Waals surface area contributed by atoms with Crippen molar-refractivity contribution in [3.63, 3.8) is 0 Å². The lowest BCUT2D eigenvalue weighted by molar-refractivity contribution is 0.155. The third-order valence-corrected chi connectivity index (χ3v) is 3.70. The van der Waals surface area contributed by atoms with E-state index in [1.54, 1.807) is 0 Å². The highest BCUT2D eigenvalue weighted by atomic mass is 15.2. The van der Waals surface area contributed by atoms with Gasteiger partial charge in [0, 0.05) is 18.6 Å². The molecule has 0 heterocycles. The number of unbranched alkanes of at least 4 members (excludes halogenated alkanes) is 2. The number of nitrogens with one attached hydrogen (secondary N) is 1. The van der Waals surface area contributed by atoms with E-state index in [0.717, 1.165) is 12.5 Å². The third-order valence-electron chi connectivity index (χ3n) is 3.70. The van der Waals surface area contributed by atoms with Crippen LogP contribution in [0.2, 0.25) is 0 Å². The van der Waals surface area contributed by atoms with Crippen LogP contribution in [0.3, 0.4) is 0 Å². The van der Waals surface area contributed by atoms with Crippen molar-refractivity contribution in [2.75, 3.05) is 20.1 Å². The number of likely N-dealkylation sites (N-methyl/N-ethyl adjacent to an activating group) is 1. The molecule has 0 aliphatic carbocycles. The predicted molar refractivity (Wildman–Crippen MR) is 73.9 cm³/mol. The third kappa shape index (κ3) is 6.49. The zero-order valence-corrected chi connectivity index (χ0v) is 12.2. The first-order valence-electron chi connectivity index (χ1n) is 6.93. The fourth-order valence-electron chi connectivity index (χ4n) is 1.83. The quantitative estimate of drug-likeness (QED) is 0.610. The van der Waals surface area contributed by atoms with Gasteiger partial charge in [-0.15, -0.1) is 0 Å². The second kappa shape index (κ2) is 9.00. The van der Waals surface area contributed by atoms with E-state index < -0.39 is 0 Å². The number of nitrogens with zero attached hydrogens (tertiary/aromatic N) is 1. The molecule has 1 N–H and O–H groups in total. The summed E-state index contributed by atoms with van der Waals surface area (Å²) in [5, 5.41) is 3.55. The van der Waals surface area contributed by atoms with Gasteiger partial charge in [0.1, 0.15) is 0 Å². The van der Waals surface area contributed by atoms with Crippen LogP contribution in [0.1, 0.15) is 53.9 Å². The smallest absolute Gasteiger partial charge is 0.0192 e. The van der Waals surface area contributed by atoms with E-state index in [9.17, 15) is 0 Å². The summed E-state index contributed by atoms with van der Waals surface area (Å²) in [4.78, 5) is 2.48. The van der Waals surface area contributed by atoms with Crippen molar-refractivity contribution in [1.82, 2.24) is 10.2 Å². The molecule has 0 radical (unpaired) electrons. The average Bonchev–Trinajstić information content (AvgIpc) is 2.26. The van der Waals surface area contributed by atoms with Crippen molar-refractivity contribution in [2.45, 2.75) is 66.0 Å². The molecular formula is C14H32N2. The van der Waals surface area contributed by atoms with Crippen molar-refractivity contribution >= 4 is 0 Å². The molecule has 98 valence electrons. The van der Waals surface area contributed by atoms with Crippen LogP contribution in [-0.4, -0.2) is 37.1 Å². The minimum atomic E-state index is 0.624. The molecule has 0 aromatic carbocycles. The zero-order chi connectivity index (χ0) is 12.6. The summed E-state index contributed by atoms with van der Waals surface area (Å²) in [6, 6.07) is 1.28. The molecule has 0 fully saturated rings. The maximum absolute atomic E-state index is 3.55. The van der Waals surface area contributed by atoms with Gasteiger partial charge in [-0.2, -0.15) is 0 Å². The minimum absolute atomic E-state index is 0.624. The topological polar surface area (TPSA) is 15.3 Å². The lowest BCUT2D eigenvalue weighted by atomic mass is 10.0. The Morgan fingerprint density at radius 2 is 1.69 bits per heavy atom.